The lowest BCUT2D eigenvalue weighted by Gasteiger charge is -2.36. The number of alkyl halides is 3. The molecule has 1 N–H and O–H groups in total. The van der Waals surface area contributed by atoms with Crippen molar-refractivity contribution in [2.45, 2.75) is 39.4 Å². The molecule has 0 saturated heterocycles. The summed E-state index contributed by atoms with van der Waals surface area (Å²) in [4.78, 5) is 14.4. The van der Waals surface area contributed by atoms with E-state index in [-0.39, 0.29) is 11.6 Å². The molecule has 1 unspecified atom stereocenters. The van der Waals surface area contributed by atoms with Crippen LogP contribution in [0.1, 0.15) is 40.4 Å². The standard InChI is InChI=1S/C20H20F4N2O/c1-4-14-10-26(18-8-12(3)11(2)7-17(18)25-14)19(27)15-6-5-13(9-16(15)21)20(22,23)24/h5-9,14,25H,4,10H2,1-3H3. The molecular weight excluding hydrogens is 360 g/mol. The minimum atomic E-state index is -4.66. The highest BCUT2D eigenvalue weighted by Gasteiger charge is 2.34. The quantitative estimate of drug-likeness (QED) is 0.716. The molecule has 0 aromatic heterocycles. The molecule has 1 heterocycles. The summed E-state index contributed by atoms with van der Waals surface area (Å²) in [7, 11) is 0. The van der Waals surface area contributed by atoms with Gasteiger partial charge in [-0.25, -0.2) is 4.39 Å². The maximum Gasteiger partial charge on any atom is 0.416 e. The molecule has 0 radical (unpaired) electrons. The van der Waals surface area contributed by atoms with Crippen LogP contribution < -0.4 is 10.2 Å². The van der Waals surface area contributed by atoms with Gasteiger partial charge in [-0.1, -0.05) is 6.92 Å². The molecule has 0 spiro atoms. The van der Waals surface area contributed by atoms with Crippen molar-refractivity contribution in [3.05, 3.63) is 58.4 Å². The van der Waals surface area contributed by atoms with Crippen molar-refractivity contribution in [2.24, 2.45) is 0 Å². The first-order valence-corrected chi connectivity index (χ1v) is 8.68. The molecule has 1 atom stereocenters. The second-order valence-electron chi connectivity index (χ2n) is 6.81. The maximum atomic E-state index is 14.3. The van der Waals surface area contributed by atoms with Gasteiger partial charge in [0.1, 0.15) is 5.82 Å². The molecule has 2 aromatic carbocycles. The summed E-state index contributed by atoms with van der Waals surface area (Å²) in [5, 5.41) is 3.36. The largest absolute Gasteiger partial charge is 0.416 e. The van der Waals surface area contributed by atoms with Crippen LogP contribution in [0.3, 0.4) is 0 Å². The third-order valence-electron chi connectivity index (χ3n) is 4.93. The first kappa shape index (κ1) is 19.2. The molecule has 0 fully saturated rings. The lowest BCUT2D eigenvalue weighted by atomic mass is 10.0. The molecule has 144 valence electrons. The second kappa shape index (κ2) is 6.87. The number of aryl methyl sites for hydroxylation is 2. The summed E-state index contributed by atoms with van der Waals surface area (Å²) in [6.45, 7) is 6.13. The zero-order chi connectivity index (χ0) is 19.9. The number of hydrogen-bond acceptors (Lipinski definition) is 2. The van der Waals surface area contributed by atoms with Crippen molar-refractivity contribution in [1.29, 1.82) is 0 Å². The lowest BCUT2D eigenvalue weighted by Crippen LogP contribution is -2.45. The van der Waals surface area contributed by atoms with Gasteiger partial charge in [-0.2, -0.15) is 13.2 Å². The Balaban J connectivity index is 2.03. The zero-order valence-electron chi connectivity index (χ0n) is 15.2. The van der Waals surface area contributed by atoms with Crippen LogP contribution in [-0.2, 0) is 6.18 Å². The van der Waals surface area contributed by atoms with E-state index in [1.165, 1.54) is 4.90 Å². The molecule has 0 aliphatic carbocycles. The number of nitrogens with zero attached hydrogens (tertiary/aromatic N) is 1. The number of amides is 1. The van der Waals surface area contributed by atoms with Crippen LogP contribution in [0, 0.1) is 19.7 Å². The van der Waals surface area contributed by atoms with Crippen LogP contribution in [0.2, 0.25) is 0 Å². The number of fused-ring (bicyclic) bond motifs is 1. The van der Waals surface area contributed by atoms with Crippen molar-refractivity contribution in [3.63, 3.8) is 0 Å². The third kappa shape index (κ3) is 3.63. The molecule has 2 aromatic rings. The number of halogens is 4. The Morgan fingerprint density at radius 1 is 1.19 bits per heavy atom. The Morgan fingerprint density at radius 3 is 2.44 bits per heavy atom. The van der Waals surface area contributed by atoms with Crippen molar-refractivity contribution < 1.29 is 22.4 Å². The van der Waals surface area contributed by atoms with E-state index in [0.717, 1.165) is 35.4 Å². The van der Waals surface area contributed by atoms with Gasteiger partial charge in [0, 0.05) is 12.6 Å². The van der Waals surface area contributed by atoms with Gasteiger partial charge < -0.3 is 10.2 Å². The Hall–Kier alpha value is -2.57. The van der Waals surface area contributed by atoms with Crippen molar-refractivity contribution in [3.8, 4) is 0 Å². The summed E-state index contributed by atoms with van der Waals surface area (Å²) in [5.74, 6) is -1.82. The highest BCUT2D eigenvalue weighted by atomic mass is 19.4. The smallest absolute Gasteiger partial charge is 0.379 e. The maximum absolute atomic E-state index is 14.3. The molecule has 7 heteroatoms. The normalized spacial score (nSPS) is 16.7. The molecule has 3 nitrogen and oxygen atoms in total. The molecule has 1 aliphatic heterocycles. The van der Waals surface area contributed by atoms with Gasteiger partial charge in [0.25, 0.3) is 5.91 Å². The fourth-order valence-corrected chi connectivity index (χ4v) is 3.16. The van der Waals surface area contributed by atoms with Gasteiger partial charge in [-0.15, -0.1) is 0 Å². The predicted molar refractivity (Wildman–Crippen MR) is 96.7 cm³/mol. The number of rotatable bonds is 2. The number of nitrogens with one attached hydrogen (secondary N) is 1. The van der Waals surface area contributed by atoms with Crippen LogP contribution in [-0.4, -0.2) is 18.5 Å². The van der Waals surface area contributed by atoms with E-state index in [2.05, 4.69) is 5.32 Å². The number of carbonyl (C=O) groups excluding carboxylic acids is 1. The van der Waals surface area contributed by atoms with E-state index in [1.807, 2.05) is 32.9 Å². The molecule has 3 rings (SSSR count). The minimum absolute atomic E-state index is 0.0268. The number of hydrogen-bond donors (Lipinski definition) is 1. The van der Waals surface area contributed by atoms with Crippen LogP contribution in [0.4, 0.5) is 28.9 Å². The topological polar surface area (TPSA) is 32.3 Å². The molecule has 1 amide bonds. The highest BCUT2D eigenvalue weighted by molar-refractivity contribution is 6.08. The van der Waals surface area contributed by atoms with Gasteiger partial charge in [-0.3, -0.25) is 4.79 Å². The van der Waals surface area contributed by atoms with Gasteiger partial charge in [-0.05, 0) is 61.7 Å². The van der Waals surface area contributed by atoms with Crippen molar-refractivity contribution in [2.75, 3.05) is 16.8 Å². The van der Waals surface area contributed by atoms with Gasteiger partial charge in [0.2, 0.25) is 0 Å². The Morgan fingerprint density at radius 2 is 1.85 bits per heavy atom. The van der Waals surface area contributed by atoms with Crippen LogP contribution >= 0.6 is 0 Å². The zero-order valence-corrected chi connectivity index (χ0v) is 15.2. The molecule has 0 bridgehead atoms. The number of carbonyl (C=O) groups is 1. The van der Waals surface area contributed by atoms with E-state index in [1.54, 1.807) is 0 Å². The van der Waals surface area contributed by atoms with Crippen LogP contribution in [0.25, 0.3) is 0 Å². The minimum Gasteiger partial charge on any atom is -0.379 e. The predicted octanol–water partition coefficient (Wildman–Crippen LogP) is 5.31. The average molecular weight is 380 g/mol. The monoisotopic (exact) mass is 380 g/mol. The Labute approximate surface area is 155 Å². The molecule has 1 aliphatic rings. The summed E-state index contributed by atoms with van der Waals surface area (Å²) in [6.07, 6.45) is -3.92. The molecular formula is C20H20F4N2O. The fourth-order valence-electron chi connectivity index (χ4n) is 3.16. The Kier molecular flexibility index (Phi) is 4.88. The van der Waals surface area contributed by atoms with Gasteiger partial charge in [0.15, 0.2) is 0 Å². The van der Waals surface area contributed by atoms with E-state index < -0.39 is 23.5 Å². The molecule has 0 saturated carbocycles. The highest BCUT2D eigenvalue weighted by Crippen LogP contribution is 2.36. The third-order valence-corrected chi connectivity index (χ3v) is 4.93. The van der Waals surface area contributed by atoms with Crippen molar-refractivity contribution in [1.82, 2.24) is 0 Å². The first-order chi connectivity index (χ1) is 12.6. The summed E-state index contributed by atoms with van der Waals surface area (Å²) in [6, 6.07) is 5.75. The fraction of sp³-hybridized carbons (Fsp3) is 0.350. The van der Waals surface area contributed by atoms with E-state index in [0.29, 0.717) is 18.3 Å². The van der Waals surface area contributed by atoms with Crippen molar-refractivity contribution >= 4 is 17.3 Å². The summed E-state index contributed by atoms with van der Waals surface area (Å²) in [5.41, 5.74) is 1.89. The lowest BCUT2D eigenvalue weighted by molar-refractivity contribution is -0.137. The first-order valence-electron chi connectivity index (χ1n) is 8.68. The Bertz CT molecular complexity index is 892. The summed E-state index contributed by atoms with van der Waals surface area (Å²) >= 11 is 0. The van der Waals surface area contributed by atoms with Gasteiger partial charge in [0.05, 0.1) is 22.5 Å². The van der Waals surface area contributed by atoms with Gasteiger partial charge >= 0.3 is 6.18 Å². The van der Waals surface area contributed by atoms with E-state index in [4.69, 9.17) is 0 Å². The SMILES string of the molecule is CCC1CN(C(=O)c2ccc(C(F)(F)F)cc2F)c2cc(C)c(C)cc2N1. The van der Waals surface area contributed by atoms with E-state index >= 15 is 0 Å². The van der Waals surface area contributed by atoms with Crippen LogP contribution in [0.5, 0.6) is 0 Å². The second-order valence-corrected chi connectivity index (χ2v) is 6.81. The average Bonchev–Trinajstić information content (AvgIpc) is 2.60. The molecule has 27 heavy (non-hydrogen) atoms. The number of benzene rings is 2. The van der Waals surface area contributed by atoms with Crippen LogP contribution in [0.15, 0.2) is 30.3 Å². The number of anilines is 2. The van der Waals surface area contributed by atoms with E-state index in [9.17, 15) is 22.4 Å². The summed E-state index contributed by atoms with van der Waals surface area (Å²) < 4.78 is 52.6.